The van der Waals surface area contributed by atoms with Crippen LogP contribution < -0.4 is 5.73 Å². The summed E-state index contributed by atoms with van der Waals surface area (Å²) < 4.78 is 0. The zero-order chi connectivity index (χ0) is 11.0. The zero-order valence-corrected chi connectivity index (χ0v) is 9.86. The van der Waals surface area contributed by atoms with Gasteiger partial charge >= 0.3 is 0 Å². The van der Waals surface area contributed by atoms with E-state index < -0.39 is 0 Å². The molecule has 2 saturated carbocycles. The summed E-state index contributed by atoms with van der Waals surface area (Å²) in [5.41, 5.74) is 7.90. The molecule has 2 atom stereocenters. The van der Waals surface area contributed by atoms with Gasteiger partial charge in [0, 0.05) is 0 Å². The van der Waals surface area contributed by atoms with Gasteiger partial charge in [0.15, 0.2) is 0 Å². The fourth-order valence-corrected chi connectivity index (χ4v) is 3.83. The third kappa shape index (κ3) is 1.49. The van der Waals surface area contributed by atoms with Crippen LogP contribution in [0.5, 0.6) is 0 Å². The van der Waals surface area contributed by atoms with Gasteiger partial charge in [0.25, 0.3) is 0 Å². The van der Waals surface area contributed by atoms with Crippen LogP contribution in [-0.2, 0) is 5.41 Å². The van der Waals surface area contributed by atoms with E-state index in [1.165, 1.54) is 32.1 Å². The molecule has 2 fully saturated rings. The third-order valence-corrected chi connectivity index (χ3v) is 4.78. The largest absolute Gasteiger partial charge is 0.330 e. The fraction of sp³-hybridized carbons (Fsp3) is 0.600. The molecule has 1 heteroatoms. The van der Waals surface area contributed by atoms with E-state index in [2.05, 4.69) is 30.3 Å². The van der Waals surface area contributed by atoms with Crippen LogP contribution >= 0.6 is 0 Å². The molecule has 0 aromatic heterocycles. The van der Waals surface area contributed by atoms with Crippen LogP contribution in [0.2, 0.25) is 0 Å². The topological polar surface area (TPSA) is 26.0 Å². The predicted molar refractivity (Wildman–Crippen MR) is 67.2 cm³/mol. The number of rotatable bonds is 3. The lowest BCUT2D eigenvalue weighted by molar-refractivity contribution is 0.361. The molecule has 2 N–H and O–H groups in total. The van der Waals surface area contributed by atoms with Gasteiger partial charge in [0.1, 0.15) is 0 Å². The highest BCUT2D eigenvalue weighted by Crippen LogP contribution is 2.58. The highest BCUT2D eigenvalue weighted by Gasteiger charge is 2.53. The minimum Gasteiger partial charge on any atom is -0.330 e. The zero-order valence-electron chi connectivity index (χ0n) is 9.86. The van der Waals surface area contributed by atoms with Crippen molar-refractivity contribution in [1.82, 2.24) is 0 Å². The molecular formula is C15H21N. The summed E-state index contributed by atoms with van der Waals surface area (Å²) in [5, 5.41) is 0. The van der Waals surface area contributed by atoms with Crippen molar-refractivity contribution in [1.29, 1.82) is 0 Å². The fourth-order valence-electron chi connectivity index (χ4n) is 3.83. The van der Waals surface area contributed by atoms with Crippen molar-refractivity contribution >= 4 is 0 Å². The molecule has 0 saturated heterocycles. The Morgan fingerprint density at radius 1 is 1.12 bits per heavy atom. The van der Waals surface area contributed by atoms with Crippen LogP contribution in [0.4, 0.5) is 0 Å². The Kier molecular flexibility index (Phi) is 2.51. The van der Waals surface area contributed by atoms with Crippen molar-refractivity contribution in [3.63, 3.8) is 0 Å². The van der Waals surface area contributed by atoms with Gasteiger partial charge in [-0.15, -0.1) is 0 Å². The van der Waals surface area contributed by atoms with Crippen molar-refractivity contribution in [2.75, 3.05) is 6.54 Å². The minimum atomic E-state index is 0.491. The lowest BCUT2D eigenvalue weighted by atomic mass is 9.74. The van der Waals surface area contributed by atoms with Crippen molar-refractivity contribution in [2.45, 2.75) is 37.5 Å². The van der Waals surface area contributed by atoms with Crippen molar-refractivity contribution in [3.8, 4) is 0 Å². The first-order chi connectivity index (χ1) is 7.87. The molecule has 0 amide bonds. The van der Waals surface area contributed by atoms with Gasteiger partial charge in [-0.25, -0.2) is 0 Å². The lowest BCUT2D eigenvalue weighted by Gasteiger charge is -2.30. The molecule has 2 aliphatic carbocycles. The molecule has 1 aromatic carbocycles. The number of hydrogen-bond acceptors (Lipinski definition) is 1. The van der Waals surface area contributed by atoms with E-state index in [0.29, 0.717) is 5.41 Å². The minimum absolute atomic E-state index is 0.491. The average molecular weight is 215 g/mol. The quantitative estimate of drug-likeness (QED) is 0.824. The summed E-state index contributed by atoms with van der Waals surface area (Å²) >= 11 is 0. The second-order valence-corrected chi connectivity index (χ2v) is 5.57. The SMILES string of the molecule is NCC1CC1C1(c2ccccc2)CCCC1. The smallest absolute Gasteiger partial charge is 0.00155 e. The second kappa shape index (κ2) is 3.89. The van der Waals surface area contributed by atoms with Gasteiger partial charge in [0.05, 0.1) is 0 Å². The Balaban J connectivity index is 1.92. The molecule has 1 aromatic rings. The average Bonchev–Trinajstić information content (AvgIpc) is 2.99. The van der Waals surface area contributed by atoms with E-state index in [1.807, 2.05) is 0 Å². The molecule has 2 unspecified atom stereocenters. The van der Waals surface area contributed by atoms with Crippen LogP contribution in [0.3, 0.4) is 0 Å². The standard InChI is InChI=1S/C15H21N/c16-11-12-10-14(12)15(8-4-5-9-15)13-6-2-1-3-7-13/h1-3,6-7,12,14H,4-5,8-11,16H2. The lowest BCUT2D eigenvalue weighted by Crippen LogP contribution is -2.26. The van der Waals surface area contributed by atoms with Crippen LogP contribution in [-0.4, -0.2) is 6.54 Å². The second-order valence-electron chi connectivity index (χ2n) is 5.57. The van der Waals surface area contributed by atoms with Crippen molar-refractivity contribution in [3.05, 3.63) is 35.9 Å². The van der Waals surface area contributed by atoms with E-state index in [4.69, 9.17) is 5.73 Å². The summed E-state index contributed by atoms with van der Waals surface area (Å²) in [6.45, 7) is 0.888. The van der Waals surface area contributed by atoms with E-state index in [-0.39, 0.29) is 0 Å². The highest BCUT2D eigenvalue weighted by atomic mass is 14.7. The first kappa shape index (κ1) is 10.3. The van der Waals surface area contributed by atoms with Gasteiger partial charge in [0.2, 0.25) is 0 Å². The summed E-state index contributed by atoms with van der Waals surface area (Å²) in [5.74, 6) is 1.68. The summed E-state index contributed by atoms with van der Waals surface area (Å²) in [7, 11) is 0. The molecule has 86 valence electrons. The van der Waals surface area contributed by atoms with E-state index in [1.54, 1.807) is 5.56 Å². The van der Waals surface area contributed by atoms with Crippen LogP contribution in [0.1, 0.15) is 37.7 Å². The predicted octanol–water partition coefficient (Wildman–Crippen LogP) is 3.09. The van der Waals surface area contributed by atoms with Gasteiger partial charge in [-0.05, 0) is 48.6 Å². The molecule has 16 heavy (non-hydrogen) atoms. The monoisotopic (exact) mass is 215 g/mol. The maximum absolute atomic E-state index is 5.83. The molecule has 0 aliphatic heterocycles. The Morgan fingerprint density at radius 2 is 1.81 bits per heavy atom. The van der Waals surface area contributed by atoms with E-state index in [9.17, 15) is 0 Å². The number of nitrogens with two attached hydrogens (primary N) is 1. The molecule has 0 bridgehead atoms. The maximum atomic E-state index is 5.83. The molecule has 0 heterocycles. The highest BCUT2D eigenvalue weighted by molar-refractivity contribution is 5.30. The van der Waals surface area contributed by atoms with E-state index in [0.717, 1.165) is 18.4 Å². The Morgan fingerprint density at radius 3 is 2.38 bits per heavy atom. The molecular weight excluding hydrogens is 194 g/mol. The van der Waals surface area contributed by atoms with Crippen LogP contribution in [0.25, 0.3) is 0 Å². The Bertz CT molecular complexity index is 351. The molecule has 0 spiro atoms. The first-order valence-electron chi connectivity index (χ1n) is 6.62. The van der Waals surface area contributed by atoms with Gasteiger partial charge in [-0.3, -0.25) is 0 Å². The van der Waals surface area contributed by atoms with Crippen molar-refractivity contribution in [2.24, 2.45) is 17.6 Å². The summed E-state index contributed by atoms with van der Waals surface area (Å²) in [6.07, 6.45) is 6.95. The van der Waals surface area contributed by atoms with Gasteiger partial charge < -0.3 is 5.73 Å². The van der Waals surface area contributed by atoms with Crippen LogP contribution in [0.15, 0.2) is 30.3 Å². The summed E-state index contributed by atoms with van der Waals surface area (Å²) in [4.78, 5) is 0. The molecule has 0 radical (unpaired) electrons. The summed E-state index contributed by atoms with van der Waals surface area (Å²) in [6, 6.07) is 11.2. The number of benzene rings is 1. The molecule has 3 rings (SSSR count). The van der Waals surface area contributed by atoms with Crippen molar-refractivity contribution < 1.29 is 0 Å². The first-order valence-corrected chi connectivity index (χ1v) is 6.62. The normalized spacial score (nSPS) is 31.6. The maximum Gasteiger partial charge on any atom is -0.00155 e. The van der Waals surface area contributed by atoms with Crippen LogP contribution in [0, 0.1) is 11.8 Å². The number of hydrogen-bond donors (Lipinski definition) is 1. The Hall–Kier alpha value is -0.820. The van der Waals surface area contributed by atoms with Gasteiger partial charge in [-0.2, -0.15) is 0 Å². The van der Waals surface area contributed by atoms with E-state index >= 15 is 0 Å². The Labute approximate surface area is 98.0 Å². The molecule has 1 nitrogen and oxygen atoms in total. The third-order valence-electron chi connectivity index (χ3n) is 4.78. The molecule has 2 aliphatic rings. The van der Waals surface area contributed by atoms with Gasteiger partial charge in [-0.1, -0.05) is 43.2 Å².